The van der Waals surface area contributed by atoms with E-state index in [0.29, 0.717) is 17.1 Å². The molecule has 2 rings (SSSR count). The van der Waals surface area contributed by atoms with Gasteiger partial charge in [-0.2, -0.15) is 5.26 Å². The van der Waals surface area contributed by atoms with E-state index in [1.54, 1.807) is 12.1 Å². The van der Waals surface area contributed by atoms with Crippen molar-refractivity contribution in [2.24, 2.45) is 0 Å². The largest absolute Gasteiger partial charge is 0.383 e. The summed E-state index contributed by atoms with van der Waals surface area (Å²) in [4.78, 5) is 0. The lowest BCUT2D eigenvalue weighted by molar-refractivity contribution is 0.815. The van der Waals surface area contributed by atoms with Crippen LogP contribution in [0.4, 0.5) is 0 Å². The van der Waals surface area contributed by atoms with Gasteiger partial charge in [-0.15, -0.1) is 0 Å². The van der Waals surface area contributed by atoms with Crippen LogP contribution in [0, 0.1) is 11.3 Å². The lowest BCUT2D eigenvalue weighted by Crippen LogP contribution is -2.12. The first-order valence-corrected chi connectivity index (χ1v) is 6.73. The zero-order chi connectivity index (χ0) is 14.4. The van der Waals surface area contributed by atoms with Crippen LogP contribution in [-0.2, 0) is 6.54 Å². The molecule has 0 saturated carbocycles. The van der Waals surface area contributed by atoms with Gasteiger partial charge in [-0.25, -0.2) is 0 Å². The van der Waals surface area contributed by atoms with Gasteiger partial charge < -0.3 is 5.32 Å². The summed E-state index contributed by atoms with van der Waals surface area (Å²) < 4.78 is 0. The van der Waals surface area contributed by atoms with Gasteiger partial charge >= 0.3 is 0 Å². The number of nitriles is 1. The van der Waals surface area contributed by atoms with Gasteiger partial charge in [0, 0.05) is 17.3 Å². The summed E-state index contributed by atoms with van der Waals surface area (Å²) >= 11 is 5.97. The molecule has 0 radical (unpaired) electrons. The quantitative estimate of drug-likeness (QED) is 0.845. The molecule has 0 aliphatic heterocycles. The van der Waals surface area contributed by atoms with Gasteiger partial charge in [0.1, 0.15) is 6.07 Å². The molecule has 0 bridgehead atoms. The third-order valence-electron chi connectivity index (χ3n) is 3.00. The number of hydrogen-bond acceptors (Lipinski definition) is 2. The van der Waals surface area contributed by atoms with Gasteiger partial charge in [0.25, 0.3) is 0 Å². The van der Waals surface area contributed by atoms with Crippen LogP contribution >= 0.6 is 11.6 Å². The van der Waals surface area contributed by atoms with Crippen LogP contribution in [0.1, 0.15) is 18.1 Å². The van der Waals surface area contributed by atoms with E-state index in [4.69, 9.17) is 11.6 Å². The highest BCUT2D eigenvalue weighted by atomic mass is 35.5. The molecule has 0 aliphatic carbocycles. The van der Waals surface area contributed by atoms with E-state index < -0.39 is 0 Å². The van der Waals surface area contributed by atoms with E-state index in [1.165, 1.54) is 5.56 Å². The molecule has 2 aromatic carbocycles. The molecule has 2 aromatic rings. The Hall–Kier alpha value is -2.24. The number of nitrogens with one attached hydrogen (secondary N) is 1. The second-order valence-corrected chi connectivity index (χ2v) is 4.90. The Morgan fingerprint density at radius 1 is 1.15 bits per heavy atom. The first-order valence-electron chi connectivity index (χ1n) is 6.35. The zero-order valence-electron chi connectivity index (χ0n) is 11.2. The normalized spacial score (nSPS) is 11.4. The summed E-state index contributed by atoms with van der Waals surface area (Å²) in [6.45, 7) is 2.60. The van der Waals surface area contributed by atoms with E-state index >= 15 is 0 Å². The number of hydrogen-bond donors (Lipinski definition) is 1. The summed E-state index contributed by atoms with van der Waals surface area (Å²) in [6, 6.07) is 19.6. The smallest absolute Gasteiger partial charge is 0.102 e. The molecule has 0 unspecified atom stereocenters. The van der Waals surface area contributed by atoms with Crippen LogP contribution in [0.25, 0.3) is 5.57 Å². The average molecular weight is 283 g/mol. The van der Waals surface area contributed by atoms with Gasteiger partial charge in [0.05, 0.1) is 5.57 Å². The topological polar surface area (TPSA) is 35.8 Å². The molecule has 20 heavy (non-hydrogen) atoms. The van der Waals surface area contributed by atoms with Crippen molar-refractivity contribution in [3.05, 3.63) is 76.4 Å². The van der Waals surface area contributed by atoms with Crippen LogP contribution in [-0.4, -0.2) is 0 Å². The summed E-state index contributed by atoms with van der Waals surface area (Å²) in [5, 5.41) is 13.3. The van der Waals surface area contributed by atoms with E-state index in [-0.39, 0.29) is 0 Å². The van der Waals surface area contributed by atoms with Gasteiger partial charge in [-0.05, 0) is 30.2 Å². The molecular formula is C17H15ClN2. The highest BCUT2D eigenvalue weighted by Gasteiger charge is 2.06. The van der Waals surface area contributed by atoms with E-state index in [9.17, 15) is 5.26 Å². The molecule has 0 heterocycles. The van der Waals surface area contributed by atoms with E-state index in [0.717, 1.165) is 11.3 Å². The molecule has 0 saturated heterocycles. The molecule has 0 atom stereocenters. The fourth-order valence-electron chi connectivity index (χ4n) is 1.93. The van der Waals surface area contributed by atoms with Crippen LogP contribution in [0.5, 0.6) is 0 Å². The molecule has 1 N–H and O–H groups in total. The van der Waals surface area contributed by atoms with Crippen molar-refractivity contribution in [2.45, 2.75) is 13.5 Å². The summed E-state index contributed by atoms with van der Waals surface area (Å²) in [5.41, 5.74) is 3.47. The average Bonchev–Trinajstić information content (AvgIpc) is 2.47. The summed E-state index contributed by atoms with van der Waals surface area (Å²) in [6.07, 6.45) is 0. The third kappa shape index (κ3) is 3.63. The highest BCUT2D eigenvalue weighted by Crippen LogP contribution is 2.20. The van der Waals surface area contributed by atoms with Crippen molar-refractivity contribution >= 4 is 17.2 Å². The SMILES string of the molecule is C/C(NCc1ccccc1)=C(/C#N)c1cccc(Cl)c1. The minimum absolute atomic E-state index is 0.614. The number of rotatable bonds is 4. The van der Waals surface area contributed by atoms with Crippen LogP contribution in [0.2, 0.25) is 5.02 Å². The molecule has 0 fully saturated rings. The number of benzene rings is 2. The van der Waals surface area contributed by atoms with Crippen molar-refractivity contribution in [1.82, 2.24) is 5.32 Å². The molecule has 0 spiro atoms. The van der Waals surface area contributed by atoms with Crippen molar-refractivity contribution in [3.63, 3.8) is 0 Å². The predicted octanol–water partition coefficient (Wildman–Crippen LogP) is 4.38. The summed E-state index contributed by atoms with van der Waals surface area (Å²) in [7, 11) is 0. The van der Waals surface area contributed by atoms with Crippen molar-refractivity contribution < 1.29 is 0 Å². The third-order valence-corrected chi connectivity index (χ3v) is 3.24. The molecule has 3 heteroatoms. The Labute approximate surface area is 124 Å². The minimum atomic E-state index is 0.614. The van der Waals surface area contributed by atoms with Crippen molar-refractivity contribution in [1.29, 1.82) is 5.26 Å². The van der Waals surface area contributed by atoms with Gasteiger partial charge in [-0.3, -0.25) is 0 Å². The molecular weight excluding hydrogens is 268 g/mol. The highest BCUT2D eigenvalue weighted by molar-refractivity contribution is 6.30. The molecule has 2 nitrogen and oxygen atoms in total. The van der Waals surface area contributed by atoms with E-state index in [2.05, 4.69) is 11.4 Å². The Morgan fingerprint density at radius 3 is 2.55 bits per heavy atom. The maximum atomic E-state index is 9.35. The Balaban J connectivity index is 2.18. The van der Waals surface area contributed by atoms with E-state index in [1.807, 2.05) is 49.4 Å². The molecule has 0 amide bonds. The first-order chi connectivity index (χ1) is 9.70. The standard InChI is InChI=1S/C17H15ClN2/c1-13(20-12-14-6-3-2-4-7-14)17(11-19)15-8-5-9-16(18)10-15/h2-10,20H,12H2,1H3/b17-13+. The lowest BCUT2D eigenvalue weighted by atomic mass is 10.1. The van der Waals surface area contributed by atoms with Crippen LogP contribution in [0.3, 0.4) is 0 Å². The molecule has 0 aliphatic rings. The second-order valence-electron chi connectivity index (χ2n) is 4.46. The number of nitrogens with zero attached hydrogens (tertiary/aromatic N) is 1. The van der Waals surface area contributed by atoms with Crippen molar-refractivity contribution in [3.8, 4) is 6.07 Å². The number of halogens is 1. The van der Waals surface area contributed by atoms with Gasteiger partial charge in [0.15, 0.2) is 0 Å². The molecule has 0 aromatic heterocycles. The van der Waals surface area contributed by atoms with Crippen molar-refractivity contribution in [2.75, 3.05) is 0 Å². The maximum absolute atomic E-state index is 9.35. The Bertz CT molecular complexity index is 654. The zero-order valence-corrected chi connectivity index (χ0v) is 12.0. The Morgan fingerprint density at radius 2 is 1.90 bits per heavy atom. The Kier molecular flexibility index (Phi) is 4.81. The van der Waals surface area contributed by atoms with Crippen LogP contribution < -0.4 is 5.32 Å². The number of allylic oxidation sites excluding steroid dienone is 2. The fraction of sp³-hybridized carbons (Fsp3) is 0.118. The lowest BCUT2D eigenvalue weighted by Gasteiger charge is -2.10. The summed E-state index contributed by atoms with van der Waals surface area (Å²) in [5.74, 6) is 0. The maximum Gasteiger partial charge on any atom is 0.102 e. The van der Waals surface area contributed by atoms with Gasteiger partial charge in [-0.1, -0.05) is 54.1 Å². The minimum Gasteiger partial charge on any atom is -0.383 e. The first kappa shape index (κ1) is 14.2. The fourth-order valence-corrected chi connectivity index (χ4v) is 2.12. The van der Waals surface area contributed by atoms with Gasteiger partial charge in [0.2, 0.25) is 0 Å². The van der Waals surface area contributed by atoms with Crippen LogP contribution in [0.15, 0.2) is 60.3 Å². The predicted molar refractivity (Wildman–Crippen MR) is 82.9 cm³/mol. The molecule has 100 valence electrons. The second kappa shape index (κ2) is 6.79. The monoisotopic (exact) mass is 282 g/mol.